The van der Waals surface area contributed by atoms with Crippen LogP contribution in [0.3, 0.4) is 0 Å². The Morgan fingerprint density at radius 2 is 1.73 bits per heavy atom. The number of halogens is 1. The first-order valence-electron chi connectivity index (χ1n) is 8.57. The highest BCUT2D eigenvalue weighted by Crippen LogP contribution is 2.33. The average molecular weight is 416 g/mol. The molecule has 134 valence electrons. The van der Waals surface area contributed by atoms with Gasteiger partial charge in [0.25, 0.3) is 0 Å². The zero-order chi connectivity index (χ0) is 18.1. The van der Waals surface area contributed by atoms with Crippen molar-refractivity contribution in [2.45, 2.75) is 19.3 Å². The van der Waals surface area contributed by atoms with Crippen molar-refractivity contribution in [2.75, 3.05) is 13.3 Å². The second-order valence-electron chi connectivity index (χ2n) is 6.55. The normalized spacial score (nSPS) is 18.7. The summed E-state index contributed by atoms with van der Waals surface area (Å²) in [7, 11) is 0. The van der Waals surface area contributed by atoms with E-state index in [2.05, 4.69) is 15.9 Å². The highest BCUT2D eigenvalue weighted by Gasteiger charge is 2.38. The zero-order valence-electron chi connectivity index (χ0n) is 14.1. The molecule has 0 bridgehead atoms. The first-order valence-corrected chi connectivity index (χ1v) is 9.36. The Hall–Kier alpha value is -2.34. The van der Waals surface area contributed by atoms with Crippen LogP contribution in [0, 0.1) is 5.92 Å². The van der Waals surface area contributed by atoms with Crippen LogP contribution < -0.4 is 9.47 Å². The molecule has 6 heteroatoms. The van der Waals surface area contributed by atoms with Crippen molar-refractivity contribution in [3.05, 3.63) is 58.1 Å². The summed E-state index contributed by atoms with van der Waals surface area (Å²) >= 11 is 3.40. The molecule has 2 aromatic rings. The van der Waals surface area contributed by atoms with E-state index in [0.717, 1.165) is 27.1 Å². The van der Waals surface area contributed by atoms with Gasteiger partial charge in [0.2, 0.25) is 18.6 Å². The number of imide groups is 1. The average Bonchev–Trinajstić information content (AvgIpc) is 3.20. The predicted molar refractivity (Wildman–Crippen MR) is 98.9 cm³/mol. The van der Waals surface area contributed by atoms with E-state index in [1.54, 1.807) is 0 Å². The zero-order valence-corrected chi connectivity index (χ0v) is 15.7. The molecule has 26 heavy (non-hydrogen) atoms. The monoisotopic (exact) mass is 415 g/mol. The maximum absolute atomic E-state index is 12.6. The first-order chi connectivity index (χ1) is 12.6. The second kappa shape index (κ2) is 7.11. The lowest BCUT2D eigenvalue weighted by Gasteiger charge is -2.15. The molecule has 0 saturated carbocycles. The molecule has 0 unspecified atom stereocenters. The van der Waals surface area contributed by atoms with E-state index in [1.165, 1.54) is 4.90 Å². The number of carbonyl (C=O) groups excluding carboxylic acids is 2. The van der Waals surface area contributed by atoms with Crippen LogP contribution in [0.2, 0.25) is 0 Å². The third-order valence-electron chi connectivity index (χ3n) is 4.79. The van der Waals surface area contributed by atoms with Gasteiger partial charge in [0, 0.05) is 17.4 Å². The Morgan fingerprint density at radius 3 is 2.54 bits per heavy atom. The molecular formula is C20H18BrNO4. The van der Waals surface area contributed by atoms with Gasteiger partial charge in [-0.15, -0.1) is 0 Å². The number of hydrogen-bond donors (Lipinski definition) is 0. The summed E-state index contributed by atoms with van der Waals surface area (Å²) in [6, 6.07) is 13.6. The van der Waals surface area contributed by atoms with E-state index in [0.29, 0.717) is 19.4 Å². The summed E-state index contributed by atoms with van der Waals surface area (Å²) in [4.78, 5) is 26.3. The van der Waals surface area contributed by atoms with Gasteiger partial charge in [0.15, 0.2) is 11.5 Å². The number of rotatable bonds is 5. The van der Waals surface area contributed by atoms with Gasteiger partial charge < -0.3 is 9.47 Å². The number of benzene rings is 2. The van der Waals surface area contributed by atoms with Crippen molar-refractivity contribution in [3.8, 4) is 11.5 Å². The minimum atomic E-state index is -0.263. The molecule has 1 saturated heterocycles. The van der Waals surface area contributed by atoms with Gasteiger partial charge in [-0.3, -0.25) is 14.5 Å². The van der Waals surface area contributed by atoms with Crippen molar-refractivity contribution >= 4 is 27.7 Å². The third kappa shape index (κ3) is 3.46. The highest BCUT2D eigenvalue weighted by molar-refractivity contribution is 9.10. The second-order valence-corrected chi connectivity index (χ2v) is 7.47. The summed E-state index contributed by atoms with van der Waals surface area (Å²) in [5.74, 6) is 1.03. The fourth-order valence-corrected chi connectivity index (χ4v) is 3.65. The van der Waals surface area contributed by atoms with E-state index in [-0.39, 0.29) is 30.9 Å². The number of carbonyl (C=O) groups is 2. The lowest BCUT2D eigenvalue weighted by Crippen LogP contribution is -2.33. The van der Waals surface area contributed by atoms with Crippen molar-refractivity contribution in [1.29, 1.82) is 0 Å². The lowest BCUT2D eigenvalue weighted by atomic mass is 9.98. The fourth-order valence-electron chi connectivity index (χ4n) is 3.39. The summed E-state index contributed by atoms with van der Waals surface area (Å²) in [5.41, 5.74) is 2.09. The van der Waals surface area contributed by atoms with E-state index < -0.39 is 0 Å². The number of nitrogens with zero attached hydrogens (tertiary/aromatic N) is 1. The van der Waals surface area contributed by atoms with E-state index >= 15 is 0 Å². The molecule has 2 amide bonds. The van der Waals surface area contributed by atoms with Gasteiger partial charge in [-0.2, -0.15) is 0 Å². The van der Waals surface area contributed by atoms with Crippen molar-refractivity contribution in [3.63, 3.8) is 0 Å². The maximum Gasteiger partial charge on any atom is 0.233 e. The van der Waals surface area contributed by atoms with Crippen LogP contribution in [0.25, 0.3) is 0 Å². The van der Waals surface area contributed by atoms with Crippen LogP contribution in [0.5, 0.6) is 11.5 Å². The molecule has 0 spiro atoms. The van der Waals surface area contributed by atoms with Gasteiger partial charge >= 0.3 is 0 Å². The van der Waals surface area contributed by atoms with Gasteiger partial charge in [-0.25, -0.2) is 0 Å². The SMILES string of the molecule is O=C1C[C@@H](Cc2ccc(Br)cc2)C(=O)N1CCc1ccc2c(c1)OCO2. The molecule has 2 heterocycles. The Bertz CT molecular complexity index is 849. The predicted octanol–water partition coefficient (Wildman–Crippen LogP) is 3.34. The summed E-state index contributed by atoms with van der Waals surface area (Å²) in [6.07, 6.45) is 1.49. The molecule has 1 fully saturated rings. The molecule has 0 aromatic heterocycles. The molecule has 0 N–H and O–H groups in total. The summed E-state index contributed by atoms with van der Waals surface area (Å²) in [5, 5.41) is 0. The van der Waals surface area contributed by atoms with Crippen molar-refractivity contribution in [2.24, 2.45) is 5.92 Å². The maximum atomic E-state index is 12.6. The molecule has 0 radical (unpaired) electrons. The molecule has 2 aliphatic rings. The topological polar surface area (TPSA) is 55.8 Å². The van der Waals surface area contributed by atoms with Crippen LogP contribution in [0.4, 0.5) is 0 Å². The van der Waals surface area contributed by atoms with E-state index in [4.69, 9.17) is 9.47 Å². The smallest absolute Gasteiger partial charge is 0.233 e. The van der Waals surface area contributed by atoms with Crippen molar-refractivity contribution in [1.82, 2.24) is 4.90 Å². The standard InChI is InChI=1S/C20H18BrNO4/c21-16-4-1-13(2-5-16)9-15-11-19(23)22(20(15)24)8-7-14-3-6-17-18(10-14)26-12-25-17/h1-6,10,15H,7-9,11-12H2/t15-/m1/s1. The highest BCUT2D eigenvalue weighted by atomic mass is 79.9. The molecule has 0 aliphatic carbocycles. The fraction of sp³-hybridized carbons (Fsp3) is 0.300. The molecule has 2 aromatic carbocycles. The van der Waals surface area contributed by atoms with Crippen LogP contribution in [0.15, 0.2) is 46.9 Å². The molecule has 2 aliphatic heterocycles. The Labute approximate surface area is 160 Å². The van der Waals surface area contributed by atoms with Gasteiger partial charge in [0.05, 0.1) is 5.92 Å². The minimum Gasteiger partial charge on any atom is -0.454 e. The third-order valence-corrected chi connectivity index (χ3v) is 5.32. The Morgan fingerprint density at radius 1 is 1.00 bits per heavy atom. The molecule has 4 rings (SSSR count). The number of likely N-dealkylation sites (tertiary alicyclic amines) is 1. The minimum absolute atomic E-state index is 0.0707. The molecular weight excluding hydrogens is 398 g/mol. The van der Waals surface area contributed by atoms with Crippen LogP contribution >= 0.6 is 15.9 Å². The number of hydrogen-bond acceptors (Lipinski definition) is 4. The first kappa shape index (κ1) is 17.1. The van der Waals surface area contributed by atoms with Gasteiger partial charge in [-0.1, -0.05) is 34.1 Å². The van der Waals surface area contributed by atoms with Crippen LogP contribution in [-0.4, -0.2) is 30.1 Å². The van der Waals surface area contributed by atoms with Crippen molar-refractivity contribution < 1.29 is 19.1 Å². The van der Waals surface area contributed by atoms with E-state index in [1.807, 2.05) is 42.5 Å². The van der Waals surface area contributed by atoms with E-state index in [9.17, 15) is 9.59 Å². The largest absolute Gasteiger partial charge is 0.454 e. The molecule has 5 nitrogen and oxygen atoms in total. The van der Waals surface area contributed by atoms with Gasteiger partial charge in [-0.05, 0) is 48.2 Å². The lowest BCUT2D eigenvalue weighted by molar-refractivity contribution is -0.139. The summed E-state index contributed by atoms with van der Waals surface area (Å²) < 4.78 is 11.7. The number of ether oxygens (including phenoxy) is 2. The van der Waals surface area contributed by atoms with Crippen LogP contribution in [-0.2, 0) is 22.4 Å². The Balaban J connectivity index is 1.38. The number of fused-ring (bicyclic) bond motifs is 1. The number of amides is 2. The molecule has 1 atom stereocenters. The van der Waals surface area contributed by atoms with Gasteiger partial charge in [0.1, 0.15) is 0 Å². The summed E-state index contributed by atoms with van der Waals surface area (Å²) in [6.45, 7) is 0.633. The Kier molecular flexibility index (Phi) is 4.68. The van der Waals surface area contributed by atoms with Crippen LogP contribution in [0.1, 0.15) is 17.5 Å². The quantitative estimate of drug-likeness (QED) is 0.702.